The molecule has 76 valence electrons. The first-order valence-corrected chi connectivity index (χ1v) is 5.31. The van der Waals surface area contributed by atoms with E-state index in [1.165, 1.54) is 12.2 Å². The summed E-state index contributed by atoms with van der Waals surface area (Å²) in [6, 6.07) is 0. The van der Waals surface area contributed by atoms with Crippen LogP contribution in [0.4, 0.5) is 0 Å². The van der Waals surface area contributed by atoms with E-state index in [1.807, 2.05) is 0 Å². The molecule has 0 spiro atoms. The van der Waals surface area contributed by atoms with Crippen LogP contribution in [-0.2, 0) is 14.0 Å². The molecule has 6 nitrogen and oxygen atoms in total. The number of carboxylic acids is 1. The number of nitrogens with two attached hydrogens (primary N) is 1. The van der Waals surface area contributed by atoms with Crippen molar-refractivity contribution in [3.63, 3.8) is 0 Å². The number of carbonyl (C=O) groups is 1. The van der Waals surface area contributed by atoms with Crippen molar-refractivity contribution in [1.82, 2.24) is 0 Å². The van der Waals surface area contributed by atoms with Crippen LogP contribution in [0.15, 0.2) is 12.2 Å². The average molecular weight is 209 g/mol. The second kappa shape index (κ2) is 5.88. The molecule has 0 bridgehead atoms. The van der Waals surface area contributed by atoms with Crippen LogP contribution >= 0.6 is 7.60 Å². The normalized spacial score (nSPS) is 15.8. The lowest BCUT2D eigenvalue weighted by molar-refractivity contribution is -0.136. The second-order valence-corrected chi connectivity index (χ2v) is 4.18. The quantitative estimate of drug-likeness (QED) is 0.333. The molecular weight excluding hydrogens is 197 g/mol. The topological polar surface area (TPSA) is 110 Å². The summed E-state index contributed by atoms with van der Waals surface area (Å²) >= 11 is 0. The molecule has 0 fully saturated rings. The van der Waals surface area contributed by atoms with Gasteiger partial charge in [-0.3, -0.25) is 9.36 Å². The Kier molecular flexibility index (Phi) is 5.57. The highest BCUT2D eigenvalue weighted by atomic mass is 31.2. The summed E-state index contributed by atoms with van der Waals surface area (Å²) in [4.78, 5) is 18.8. The van der Waals surface area contributed by atoms with E-state index in [4.69, 9.17) is 10.00 Å². The van der Waals surface area contributed by atoms with Crippen LogP contribution in [0.25, 0.3) is 0 Å². The van der Waals surface area contributed by atoms with Crippen LogP contribution in [0.5, 0.6) is 0 Å². The first-order valence-electron chi connectivity index (χ1n) is 3.55. The zero-order chi connectivity index (χ0) is 10.3. The summed E-state index contributed by atoms with van der Waals surface area (Å²) in [5.74, 6) is 3.62. The molecule has 0 radical (unpaired) electrons. The zero-order valence-electron chi connectivity index (χ0n) is 6.92. The Morgan fingerprint density at radius 1 is 1.54 bits per heavy atom. The largest absolute Gasteiger partial charge is 0.481 e. The molecule has 0 aromatic heterocycles. The van der Waals surface area contributed by atoms with Gasteiger partial charge in [-0.05, 0) is 6.42 Å². The molecule has 1 atom stereocenters. The Labute approximate surface area is 75.5 Å². The zero-order valence-corrected chi connectivity index (χ0v) is 7.81. The molecule has 7 heteroatoms. The fourth-order valence-corrected chi connectivity index (χ4v) is 1.08. The number of hydrogen-bond donors (Lipinski definition) is 3. The lowest BCUT2D eigenvalue weighted by Crippen LogP contribution is -1.98. The van der Waals surface area contributed by atoms with Gasteiger partial charge < -0.3 is 10.00 Å². The molecule has 4 N–H and O–H groups in total. The van der Waals surface area contributed by atoms with Crippen LogP contribution in [0, 0.1) is 0 Å². The minimum absolute atomic E-state index is 0.00425. The lowest BCUT2D eigenvalue weighted by atomic mass is 10.3. The number of allylic oxidation sites excluding steroid dienone is 2. The van der Waals surface area contributed by atoms with Crippen molar-refractivity contribution in [2.75, 3.05) is 6.16 Å². The molecule has 0 saturated heterocycles. The van der Waals surface area contributed by atoms with Crippen LogP contribution in [0.3, 0.4) is 0 Å². The minimum Gasteiger partial charge on any atom is -0.481 e. The van der Waals surface area contributed by atoms with Crippen LogP contribution in [0.1, 0.15) is 12.8 Å². The van der Waals surface area contributed by atoms with Gasteiger partial charge in [-0.15, -0.1) is 0 Å². The molecule has 0 aliphatic rings. The number of carboxylic acid groups (broad SMARTS) is 1. The van der Waals surface area contributed by atoms with Crippen molar-refractivity contribution in [2.24, 2.45) is 5.90 Å². The molecule has 0 aliphatic heterocycles. The highest BCUT2D eigenvalue weighted by Gasteiger charge is 2.14. The number of aliphatic carboxylic acids is 1. The summed E-state index contributed by atoms with van der Waals surface area (Å²) in [5, 5.41) is 8.24. The Morgan fingerprint density at radius 2 is 2.15 bits per heavy atom. The fourth-order valence-electron chi connectivity index (χ4n) is 0.575. The highest BCUT2D eigenvalue weighted by molar-refractivity contribution is 7.52. The number of hydrogen-bond acceptors (Lipinski definition) is 4. The van der Waals surface area contributed by atoms with Gasteiger partial charge in [-0.1, -0.05) is 12.2 Å². The maximum Gasteiger partial charge on any atom is 0.347 e. The highest BCUT2D eigenvalue weighted by Crippen LogP contribution is 2.39. The van der Waals surface area contributed by atoms with Crippen molar-refractivity contribution in [3.8, 4) is 0 Å². The van der Waals surface area contributed by atoms with Crippen LogP contribution in [-0.4, -0.2) is 22.1 Å². The van der Waals surface area contributed by atoms with E-state index in [0.717, 1.165) is 0 Å². The predicted octanol–water partition coefficient (Wildman–Crippen LogP) is 0.483. The van der Waals surface area contributed by atoms with Gasteiger partial charge in [0.25, 0.3) is 0 Å². The predicted molar refractivity (Wildman–Crippen MR) is 46.0 cm³/mol. The van der Waals surface area contributed by atoms with Gasteiger partial charge in [0.05, 0.1) is 6.16 Å². The van der Waals surface area contributed by atoms with E-state index >= 15 is 0 Å². The maximum absolute atomic E-state index is 10.7. The summed E-state index contributed by atoms with van der Waals surface area (Å²) in [7, 11) is -3.69. The van der Waals surface area contributed by atoms with Gasteiger partial charge in [0.2, 0.25) is 0 Å². The van der Waals surface area contributed by atoms with Crippen molar-refractivity contribution in [1.29, 1.82) is 0 Å². The lowest BCUT2D eigenvalue weighted by Gasteiger charge is -2.02. The van der Waals surface area contributed by atoms with Crippen LogP contribution in [0.2, 0.25) is 0 Å². The molecule has 13 heavy (non-hydrogen) atoms. The molecule has 0 amide bonds. The Balaban J connectivity index is 3.64. The Bertz CT molecular complexity index is 239. The van der Waals surface area contributed by atoms with Crippen LogP contribution < -0.4 is 5.90 Å². The molecule has 1 unspecified atom stereocenters. The molecule has 0 rings (SSSR count). The monoisotopic (exact) mass is 209 g/mol. The summed E-state index contributed by atoms with van der Waals surface area (Å²) in [6.07, 6.45) is 2.98. The van der Waals surface area contributed by atoms with Crippen molar-refractivity contribution in [2.45, 2.75) is 12.8 Å². The van der Waals surface area contributed by atoms with E-state index in [-0.39, 0.29) is 12.6 Å². The third kappa shape index (κ3) is 7.67. The third-order valence-electron chi connectivity index (χ3n) is 1.19. The van der Waals surface area contributed by atoms with Gasteiger partial charge in [-0.25, -0.2) is 10.5 Å². The summed E-state index contributed by atoms with van der Waals surface area (Å²) < 4.78 is 14.5. The summed E-state index contributed by atoms with van der Waals surface area (Å²) in [6.45, 7) is 0. The van der Waals surface area contributed by atoms with Gasteiger partial charge in [0.15, 0.2) is 0 Å². The van der Waals surface area contributed by atoms with Crippen molar-refractivity contribution < 1.29 is 24.0 Å². The van der Waals surface area contributed by atoms with E-state index in [9.17, 15) is 9.36 Å². The first-order chi connectivity index (χ1) is 5.98. The fraction of sp³-hybridized carbons (Fsp3) is 0.500. The van der Waals surface area contributed by atoms with Gasteiger partial charge >= 0.3 is 13.6 Å². The smallest absolute Gasteiger partial charge is 0.347 e. The minimum atomic E-state index is -3.69. The molecule has 0 saturated carbocycles. The average Bonchev–Trinajstić information content (AvgIpc) is 2.03. The summed E-state index contributed by atoms with van der Waals surface area (Å²) in [5.41, 5.74) is 0. The number of rotatable bonds is 6. The SMILES string of the molecule is NOP(=O)(O)CC=CCCC(=O)O. The third-order valence-corrected chi connectivity index (χ3v) is 2.19. The van der Waals surface area contributed by atoms with E-state index in [1.54, 1.807) is 0 Å². The van der Waals surface area contributed by atoms with Gasteiger partial charge in [0.1, 0.15) is 0 Å². The maximum atomic E-state index is 10.7. The van der Waals surface area contributed by atoms with Gasteiger partial charge in [-0.2, -0.15) is 0 Å². The Morgan fingerprint density at radius 3 is 2.62 bits per heavy atom. The molecular formula is C6H12NO5P. The standard InChI is InChI=1S/C6H12NO5P/c7-12-13(10,11)5-3-1-2-4-6(8)9/h1,3H,2,4-5,7H2,(H,8,9)(H,10,11). The van der Waals surface area contributed by atoms with E-state index in [2.05, 4.69) is 10.5 Å². The molecule has 0 heterocycles. The Hall–Kier alpha value is -0.680. The van der Waals surface area contributed by atoms with E-state index < -0.39 is 13.6 Å². The van der Waals surface area contributed by atoms with Crippen molar-refractivity contribution >= 4 is 13.6 Å². The van der Waals surface area contributed by atoms with E-state index in [0.29, 0.717) is 6.42 Å². The first kappa shape index (κ1) is 12.3. The molecule has 0 aromatic rings. The molecule has 0 aromatic carbocycles. The molecule has 0 aliphatic carbocycles. The van der Waals surface area contributed by atoms with Gasteiger partial charge in [0, 0.05) is 6.42 Å². The van der Waals surface area contributed by atoms with Crippen molar-refractivity contribution in [3.05, 3.63) is 12.2 Å². The second-order valence-electron chi connectivity index (χ2n) is 2.33.